The summed E-state index contributed by atoms with van der Waals surface area (Å²) in [5, 5.41) is 14.4. The summed E-state index contributed by atoms with van der Waals surface area (Å²) < 4.78 is 8.90. The monoisotopic (exact) mass is 576 g/mol. The van der Waals surface area contributed by atoms with E-state index < -0.39 is 23.8 Å². The largest absolute Gasteiger partial charge is 0.468 e. The number of imidazole rings is 1. The van der Waals surface area contributed by atoms with Crippen LogP contribution in [0.5, 0.6) is 0 Å². The number of nitrogens with one attached hydrogen (secondary N) is 1. The van der Waals surface area contributed by atoms with Crippen LogP contribution in [-0.4, -0.2) is 52.4 Å². The Kier molecular flexibility index (Phi) is 7.24. The van der Waals surface area contributed by atoms with Gasteiger partial charge in [0, 0.05) is 18.0 Å². The lowest BCUT2D eigenvalue weighted by Crippen LogP contribution is -2.42. The summed E-state index contributed by atoms with van der Waals surface area (Å²) in [6.45, 7) is 3.76. The average Bonchev–Trinajstić information content (AvgIpc) is 3.69. The Morgan fingerprint density at radius 2 is 1.60 bits per heavy atom. The van der Waals surface area contributed by atoms with Crippen LogP contribution < -0.4 is 11.2 Å². The third-order valence-electron chi connectivity index (χ3n) is 7.23. The van der Waals surface area contributed by atoms with Crippen LogP contribution in [0, 0.1) is 0 Å². The Morgan fingerprint density at radius 3 is 2.26 bits per heavy atom. The second kappa shape index (κ2) is 11.3. The molecule has 3 aromatic carbocycles. The summed E-state index contributed by atoms with van der Waals surface area (Å²) >= 11 is 0. The number of carbonyl (C=O) groups is 1. The number of benzene rings is 3. The summed E-state index contributed by atoms with van der Waals surface area (Å²) in [7, 11) is 1.22. The van der Waals surface area contributed by atoms with Crippen LogP contribution in [0.25, 0.3) is 39.4 Å². The number of aromatic amines is 1. The van der Waals surface area contributed by atoms with E-state index in [2.05, 4.69) is 20.6 Å². The molecule has 6 aromatic rings. The van der Waals surface area contributed by atoms with Crippen LogP contribution in [-0.2, 0) is 22.6 Å². The van der Waals surface area contributed by atoms with Crippen LogP contribution in [0.4, 0.5) is 0 Å². The normalized spacial score (nSPS) is 11.3. The highest BCUT2D eigenvalue weighted by atomic mass is 16.5. The van der Waals surface area contributed by atoms with Crippen molar-refractivity contribution in [3.05, 3.63) is 111 Å². The van der Waals surface area contributed by atoms with Gasteiger partial charge in [-0.1, -0.05) is 80.6 Å². The first-order valence-corrected chi connectivity index (χ1v) is 13.7. The standard InChI is InChI=1S/C31H28N8O4/c1-19(2)28-32-29-26(30(41)38(18-25(40)43-3)31(42)39(29)22-9-5-4-6-10-22)37(28)17-20-13-15-21(16-14-20)23-11-7-8-12-24(23)27-33-35-36-34-27/h4-16,19H,17-18H2,1-3H3,(H,33,34,35,36). The van der Waals surface area contributed by atoms with E-state index in [9.17, 15) is 14.4 Å². The van der Waals surface area contributed by atoms with Crippen LogP contribution in [0.1, 0.15) is 31.2 Å². The van der Waals surface area contributed by atoms with Gasteiger partial charge in [-0.3, -0.25) is 9.59 Å². The molecule has 3 aromatic heterocycles. The van der Waals surface area contributed by atoms with E-state index in [1.807, 2.05) is 73.0 Å². The molecule has 0 spiro atoms. The first-order chi connectivity index (χ1) is 20.9. The molecule has 0 aliphatic carbocycles. The highest BCUT2D eigenvalue weighted by Gasteiger charge is 2.25. The summed E-state index contributed by atoms with van der Waals surface area (Å²) in [6.07, 6.45) is 0. The van der Waals surface area contributed by atoms with Gasteiger partial charge in [0.2, 0.25) is 5.82 Å². The van der Waals surface area contributed by atoms with Crippen molar-refractivity contribution >= 4 is 17.1 Å². The Hall–Kier alpha value is -5.65. The minimum Gasteiger partial charge on any atom is -0.468 e. The molecule has 0 amide bonds. The third-order valence-corrected chi connectivity index (χ3v) is 7.23. The summed E-state index contributed by atoms with van der Waals surface area (Å²) in [5.41, 5.74) is 3.38. The maximum atomic E-state index is 13.9. The number of para-hydroxylation sites is 1. The van der Waals surface area contributed by atoms with Crippen LogP contribution in [0.15, 0.2) is 88.5 Å². The van der Waals surface area contributed by atoms with E-state index >= 15 is 0 Å². The van der Waals surface area contributed by atoms with Gasteiger partial charge in [0.1, 0.15) is 12.4 Å². The zero-order chi connectivity index (χ0) is 30.1. The predicted molar refractivity (Wildman–Crippen MR) is 160 cm³/mol. The lowest BCUT2D eigenvalue weighted by molar-refractivity contribution is -0.141. The number of carbonyl (C=O) groups excluding carboxylic acids is 1. The fourth-order valence-electron chi connectivity index (χ4n) is 5.17. The lowest BCUT2D eigenvalue weighted by atomic mass is 9.98. The maximum Gasteiger partial charge on any atom is 0.337 e. The smallest absolute Gasteiger partial charge is 0.337 e. The Morgan fingerprint density at radius 1 is 0.907 bits per heavy atom. The van der Waals surface area contributed by atoms with Crippen molar-refractivity contribution in [3.63, 3.8) is 0 Å². The molecule has 216 valence electrons. The number of nitrogens with zero attached hydrogens (tertiary/aromatic N) is 7. The van der Waals surface area contributed by atoms with Crippen molar-refractivity contribution in [1.29, 1.82) is 0 Å². The van der Waals surface area contributed by atoms with E-state index in [4.69, 9.17) is 9.72 Å². The topological polar surface area (TPSA) is 143 Å². The van der Waals surface area contributed by atoms with Gasteiger partial charge in [-0.15, -0.1) is 10.2 Å². The summed E-state index contributed by atoms with van der Waals surface area (Å²) in [6, 6.07) is 24.7. The first kappa shape index (κ1) is 27.5. The van der Waals surface area contributed by atoms with Gasteiger partial charge in [0.15, 0.2) is 11.2 Å². The number of tetrazole rings is 1. The quantitative estimate of drug-likeness (QED) is 0.271. The van der Waals surface area contributed by atoms with Gasteiger partial charge in [0.25, 0.3) is 5.56 Å². The van der Waals surface area contributed by atoms with E-state index in [0.717, 1.165) is 26.8 Å². The average molecular weight is 577 g/mol. The summed E-state index contributed by atoms with van der Waals surface area (Å²) in [5.74, 6) is 0.364. The number of fused-ring (bicyclic) bond motifs is 1. The Balaban J connectivity index is 1.49. The first-order valence-electron chi connectivity index (χ1n) is 13.7. The molecule has 1 N–H and O–H groups in total. The molecular formula is C31H28N8O4. The van der Waals surface area contributed by atoms with Crippen molar-refractivity contribution < 1.29 is 9.53 Å². The van der Waals surface area contributed by atoms with Gasteiger partial charge < -0.3 is 9.30 Å². The molecule has 0 saturated heterocycles. The van der Waals surface area contributed by atoms with Crippen LogP contribution in [0.3, 0.4) is 0 Å². The van der Waals surface area contributed by atoms with Crippen molar-refractivity contribution in [2.75, 3.05) is 7.11 Å². The van der Waals surface area contributed by atoms with Crippen molar-refractivity contribution in [2.45, 2.75) is 32.9 Å². The van der Waals surface area contributed by atoms with Gasteiger partial charge in [0.05, 0.1) is 12.8 Å². The molecule has 43 heavy (non-hydrogen) atoms. The van der Waals surface area contributed by atoms with Gasteiger partial charge in [-0.25, -0.2) is 18.9 Å². The Labute approximate surface area is 245 Å². The number of methoxy groups -OCH3 is 1. The van der Waals surface area contributed by atoms with E-state index in [0.29, 0.717) is 23.9 Å². The number of rotatable bonds is 8. The second-order valence-corrected chi connectivity index (χ2v) is 10.3. The SMILES string of the molecule is COC(=O)Cn1c(=O)c2c(nc(C(C)C)n2Cc2ccc(-c3ccccc3-c3nn[nH]n3)cc2)n(-c2ccccc2)c1=O. The molecule has 0 aliphatic rings. The number of H-pyrrole nitrogens is 1. The molecule has 12 heteroatoms. The number of hydrogen-bond acceptors (Lipinski definition) is 8. The van der Waals surface area contributed by atoms with E-state index in [1.165, 1.54) is 11.7 Å². The fourth-order valence-corrected chi connectivity index (χ4v) is 5.17. The van der Waals surface area contributed by atoms with Crippen LogP contribution >= 0.6 is 0 Å². The molecule has 0 radical (unpaired) electrons. The molecule has 0 aliphatic heterocycles. The van der Waals surface area contributed by atoms with E-state index in [1.54, 1.807) is 24.3 Å². The van der Waals surface area contributed by atoms with Gasteiger partial charge in [-0.2, -0.15) is 5.21 Å². The minimum absolute atomic E-state index is 0.0682. The molecule has 0 fully saturated rings. The number of aromatic nitrogens is 8. The number of hydrogen-bond donors (Lipinski definition) is 1. The maximum absolute atomic E-state index is 13.9. The predicted octanol–water partition coefficient (Wildman–Crippen LogP) is 3.54. The van der Waals surface area contributed by atoms with Crippen molar-refractivity contribution in [1.82, 2.24) is 39.3 Å². The van der Waals surface area contributed by atoms with Crippen molar-refractivity contribution in [3.8, 4) is 28.2 Å². The molecule has 6 rings (SSSR count). The fraction of sp³-hybridized carbons (Fsp3) is 0.194. The second-order valence-electron chi connectivity index (χ2n) is 10.3. The third kappa shape index (κ3) is 5.03. The van der Waals surface area contributed by atoms with Crippen molar-refractivity contribution in [2.24, 2.45) is 0 Å². The Bertz CT molecular complexity index is 2040. The molecule has 0 unspecified atom stereocenters. The highest BCUT2D eigenvalue weighted by Crippen LogP contribution is 2.30. The highest BCUT2D eigenvalue weighted by molar-refractivity contribution is 5.80. The summed E-state index contributed by atoms with van der Waals surface area (Å²) in [4.78, 5) is 44.6. The molecule has 0 atom stereocenters. The van der Waals surface area contributed by atoms with Gasteiger partial charge in [-0.05, 0) is 34.0 Å². The van der Waals surface area contributed by atoms with Gasteiger partial charge >= 0.3 is 11.7 Å². The lowest BCUT2D eigenvalue weighted by Gasteiger charge is -2.14. The number of esters is 1. The molecule has 0 saturated carbocycles. The van der Waals surface area contributed by atoms with E-state index in [-0.39, 0.29) is 17.1 Å². The minimum atomic E-state index is -0.704. The molecule has 12 nitrogen and oxygen atoms in total. The molecular weight excluding hydrogens is 548 g/mol. The zero-order valence-corrected chi connectivity index (χ0v) is 23.8. The molecule has 0 bridgehead atoms. The zero-order valence-electron chi connectivity index (χ0n) is 23.8. The molecule has 3 heterocycles. The number of ether oxygens (including phenoxy) is 1. The van der Waals surface area contributed by atoms with Crippen LogP contribution in [0.2, 0.25) is 0 Å².